The minimum absolute atomic E-state index is 0.853. The lowest BCUT2D eigenvalue weighted by molar-refractivity contribution is 0.738. The molecule has 1 aromatic heterocycles. The summed E-state index contributed by atoms with van der Waals surface area (Å²) >= 11 is 0. The second-order valence-corrected chi connectivity index (χ2v) is 3.21. The Kier molecular flexibility index (Phi) is 4.19. The number of nitrogens with one attached hydrogen (secondary N) is 2. The van der Waals surface area contributed by atoms with Gasteiger partial charge in [0.1, 0.15) is 5.82 Å². The molecule has 0 unspecified atom stereocenters. The number of hydrogen-bond acceptors (Lipinski definition) is 3. The molecule has 0 aromatic carbocycles. The first-order valence-electron chi connectivity index (χ1n) is 4.80. The Morgan fingerprint density at radius 3 is 2.93 bits per heavy atom. The van der Waals surface area contributed by atoms with Crippen LogP contribution in [0.4, 0.5) is 5.82 Å². The molecule has 0 spiro atoms. The van der Waals surface area contributed by atoms with E-state index in [2.05, 4.69) is 22.3 Å². The molecule has 1 heterocycles. The molecule has 0 fully saturated rings. The third-order valence-corrected chi connectivity index (χ3v) is 1.90. The maximum atomic E-state index is 4.24. The Hall–Kier alpha value is -1.29. The van der Waals surface area contributed by atoms with Gasteiger partial charge in [0, 0.05) is 32.7 Å². The molecule has 1 rings (SSSR count). The predicted molar refractivity (Wildman–Crippen MR) is 59.5 cm³/mol. The van der Waals surface area contributed by atoms with Crippen molar-refractivity contribution in [3.05, 3.63) is 24.4 Å². The van der Waals surface area contributed by atoms with E-state index >= 15 is 0 Å². The first kappa shape index (κ1) is 10.8. The molecular weight excluding hydrogens is 176 g/mol. The van der Waals surface area contributed by atoms with Crippen molar-refractivity contribution in [3.63, 3.8) is 0 Å². The summed E-state index contributed by atoms with van der Waals surface area (Å²) in [6.45, 7) is 8.30. The highest BCUT2D eigenvalue weighted by molar-refractivity contribution is 5.36. The maximum Gasteiger partial charge on any atom is 0.124 e. The molecule has 0 radical (unpaired) electrons. The summed E-state index contributed by atoms with van der Waals surface area (Å²) in [5, 5.41) is 10.8. The molecule has 0 saturated heterocycles. The third-order valence-electron chi connectivity index (χ3n) is 1.90. The van der Waals surface area contributed by atoms with E-state index in [1.807, 2.05) is 30.8 Å². The molecule has 0 aliphatic heterocycles. The lowest BCUT2D eigenvalue weighted by Crippen LogP contribution is -2.22. The summed E-state index contributed by atoms with van der Waals surface area (Å²) < 4.78 is 1.85. The summed E-state index contributed by atoms with van der Waals surface area (Å²) in [5.41, 5.74) is 1.04. The van der Waals surface area contributed by atoms with E-state index in [9.17, 15) is 0 Å². The van der Waals surface area contributed by atoms with Crippen molar-refractivity contribution in [1.82, 2.24) is 15.1 Å². The van der Waals surface area contributed by atoms with Crippen molar-refractivity contribution in [2.75, 3.05) is 25.0 Å². The van der Waals surface area contributed by atoms with Crippen LogP contribution in [0.5, 0.6) is 0 Å². The SMILES string of the molecule is C=CCNCCNc1cc(C)nn1C. The average molecular weight is 194 g/mol. The van der Waals surface area contributed by atoms with Gasteiger partial charge in [0.05, 0.1) is 5.69 Å². The summed E-state index contributed by atoms with van der Waals surface area (Å²) in [6.07, 6.45) is 1.86. The average Bonchev–Trinajstić information content (AvgIpc) is 2.45. The third kappa shape index (κ3) is 3.22. The van der Waals surface area contributed by atoms with Crippen molar-refractivity contribution in [2.45, 2.75) is 6.92 Å². The fourth-order valence-electron chi connectivity index (χ4n) is 1.26. The molecule has 0 amide bonds. The fourth-order valence-corrected chi connectivity index (χ4v) is 1.26. The van der Waals surface area contributed by atoms with Gasteiger partial charge in [0.2, 0.25) is 0 Å². The lowest BCUT2D eigenvalue weighted by Gasteiger charge is -2.05. The molecule has 4 heteroatoms. The molecule has 14 heavy (non-hydrogen) atoms. The van der Waals surface area contributed by atoms with E-state index in [4.69, 9.17) is 0 Å². The van der Waals surface area contributed by atoms with Gasteiger partial charge in [-0.05, 0) is 6.92 Å². The quantitative estimate of drug-likeness (QED) is 0.522. The Labute approximate surface area is 85.0 Å². The standard InChI is InChI=1S/C10H18N4/c1-4-5-11-6-7-12-10-8-9(2)13-14(10)3/h4,8,11-12H,1,5-7H2,2-3H3. The number of hydrogen-bond donors (Lipinski definition) is 2. The molecule has 0 aliphatic carbocycles. The second kappa shape index (κ2) is 5.44. The molecule has 0 aliphatic rings. The second-order valence-electron chi connectivity index (χ2n) is 3.21. The van der Waals surface area contributed by atoms with Crippen molar-refractivity contribution in [1.29, 1.82) is 0 Å². The van der Waals surface area contributed by atoms with Crippen LogP contribution in [-0.2, 0) is 7.05 Å². The van der Waals surface area contributed by atoms with Crippen LogP contribution >= 0.6 is 0 Å². The zero-order valence-corrected chi connectivity index (χ0v) is 8.88. The van der Waals surface area contributed by atoms with Gasteiger partial charge in [-0.1, -0.05) is 6.08 Å². The van der Waals surface area contributed by atoms with Crippen LogP contribution in [0, 0.1) is 6.92 Å². The van der Waals surface area contributed by atoms with Gasteiger partial charge in [0.25, 0.3) is 0 Å². The van der Waals surface area contributed by atoms with Crippen molar-refractivity contribution >= 4 is 5.82 Å². The van der Waals surface area contributed by atoms with Gasteiger partial charge >= 0.3 is 0 Å². The first-order valence-corrected chi connectivity index (χ1v) is 4.80. The molecule has 0 atom stereocenters. The minimum atomic E-state index is 0.853. The summed E-state index contributed by atoms with van der Waals surface area (Å²) in [5.74, 6) is 1.06. The molecule has 2 N–H and O–H groups in total. The van der Waals surface area contributed by atoms with Gasteiger partial charge in [-0.25, -0.2) is 0 Å². The normalized spacial score (nSPS) is 10.1. The molecule has 0 saturated carbocycles. The number of aromatic nitrogens is 2. The Balaban J connectivity index is 2.24. The van der Waals surface area contributed by atoms with Gasteiger partial charge in [0.15, 0.2) is 0 Å². The number of rotatable bonds is 6. The van der Waals surface area contributed by atoms with E-state index in [0.717, 1.165) is 31.1 Å². The monoisotopic (exact) mass is 194 g/mol. The van der Waals surface area contributed by atoms with Crippen LogP contribution in [-0.4, -0.2) is 29.4 Å². The highest BCUT2D eigenvalue weighted by atomic mass is 15.3. The highest BCUT2D eigenvalue weighted by Gasteiger charge is 1.99. The molecular formula is C10H18N4. The lowest BCUT2D eigenvalue weighted by atomic mass is 10.4. The van der Waals surface area contributed by atoms with Crippen LogP contribution in [0.2, 0.25) is 0 Å². The first-order chi connectivity index (χ1) is 6.74. The Morgan fingerprint density at radius 2 is 2.36 bits per heavy atom. The number of anilines is 1. The van der Waals surface area contributed by atoms with E-state index in [1.54, 1.807) is 0 Å². The topological polar surface area (TPSA) is 41.9 Å². The van der Waals surface area contributed by atoms with Crippen LogP contribution in [0.3, 0.4) is 0 Å². The van der Waals surface area contributed by atoms with Gasteiger partial charge in [-0.2, -0.15) is 5.10 Å². The summed E-state index contributed by atoms with van der Waals surface area (Å²) in [4.78, 5) is 0. The minimum Gasteiger partial charge on any atom is -0.369 e. The van der Waals surface area contributed by atoms with Gasteiger partial charge in [-0.15, -0.1) is 6.58 Å². The van der Waals surface area contributed by atoms with E-state index < -0.39 is 0 Å². The summed E-state index contributed by atoms with van der Waals surface area (Å²) in [7, 11) is 1.94. The summed E-state index contributed by atoms with van der Waals surface area (Å²) in [6, 6.07) is 2.04. The number of nitrogens with zero attached hydrogens (tertiary/aromatic N) is 2. The van der Waals surface area contributed by atoms with Crippen molar-refractivity contribution in [2.24, 2.45) is 7.05 Å². The Morgan fingerprint density at radius 1 is 1.57 bits per heavy atom. The predicted octanol–water partition coefficient (Wildman–Crippen LogP) is 0.916. The van der Waals surface area contributed by atoms with E-state index in [1.165, 1.54) is 0 Å². The Bertz CT molecular complexity index is 290. The largest absolute Gasteiger partial charge is 0.369 e. The molecule has 1 aromatic rings. The zero-order chi connectivity index (χ0) is 10.4. The molecule has 0 bridgehead atoms. The van der Waals surface area contributed by atoms with Gasteiger partial charge < -0.3 is 10.6 Å². The van der Waals surface area contributed by atoms with E-state index in [0.29, 0.717) is 0 Å². The smallest absolute Gasteiger partial charge is 0.124 e. The van der Waals surface area contributed by atoms with Crippen molar-refractivity contribution < 1.29 is 0 Å². The highest BCUT2D eigenvalue weighted by Crippen LogP contribution is 2.06. The van der Waals surface area contributed by atoms with Crippen LogP contribution in [0.1, 0.15) is 5.69 Å². The van der Waals surface area contributed by atoms with Gasteiger partial charge in [-0.3, -0.25) is 4.68 Å². The van der Waals surface area contributed by atoms with Crippen LogP contribution < -0.4 is 10.6 Å². The fraction of sp³-hybridized carbons (Fsp3) is 0.500. The number of aryl methyl sites for hydroxylation is 2. The maximum absolute atomic E-state index is 4.24. The van der Waals surface area contributed by atoms with Crippen LogP contribution in [0.25, 0.3) is 0 Å². The zero-order valence-electron chi connectivity index (χ0n) is 8.88. The molecule has 78 valence electrons. The van der Waals surface area contributed by atoms with Crippen molar-refractivity contribution in [3.8, 4) is 0 Å². The van der Waals surface area contributed by atoms with Crippen LogP contribution in [0.15, 0.2) is 18.7 Å². The van der Waals surface area contributed by atoms with E-state index in [-0.39, 0.29) is 0 Å². The molecule has 4 nitrogen and oxygen atoms in total.